The third-order valence-electron chi connectivity index (χ3n) is 3.36. The van der Waals surface area contributed by atoms with Crippen molar-refractivity contribution in [1.29, 1.82) is 0 Å². The number of nitrogens with zero attached hydrogens (tertiary/aromatic N) is 1. The maximum Gasteiger partial charge on any atom is 0.246 e. The van der Waals surface area contributed by atoms with E-state index in [2.05, 4.69) is 15.9 Å². The van der Waals surface area contributed by atoms with E-state index in [1.807, 2.05) is 0 Å². The molecule has 2 rings (SSSR count). The van der Waals surface area contributed by atoms with Crippen molar-refractivity contribution in [3.05, 3.63) is 26.7 Å². The molecule has 0 unspecified atom stereocenters. The van der Waals surface area contributed by atoms with Gasteiger partial charge in [-0.25, -0.2) is 8.42 Å². The van der Waals surface area contributed by atoms with Crippen molar-refractivity contribution in [1.82, 2.24) is 4.31 Å². The van der Waals surface area contributed by atoms with Gasteiger partial charge in [0.2, 0.25) is 10.0 Å². The maximum absolute atomic E-state index is 12.6. The highest BCUT2D eigenvalue weighted by Crippen LogP contribution is 2.36. The summed E-state index contributed by atoms with van der Waals surface area (Å²) in [5, 5.41) is 10.1. The first-order valence-electron chi connectivity index (χ1n) is 6.00. The highest BCUT2D eigenvalue weighted by atomic mass is 79.9. The third-order valence-corrected chi connectivity index (χ3v) is 6.64. The Balaban J connectivity index is 2.37. The molecule has 0 saturated carbocycles. The Bertz CT molecular complexity index is 601. The Kier molecular flexibility index (Phi) is 4.74. The molecule has 20 heavy (non-hydrogen) atoms. The number of sulfonamides is 1. The summed E-state index contributed by atoms with van der Waals surface area (Å²) < 4.78 is 27.2. The molecule has 0 spiro atoms. The lowest BCUT2D eigenvalue weighted by atomic mass is 9.95. The molecule has 1 aromatic carbocycles. The van der Waals surface area contributed by atoms with Crippen LogP contribution in [0.1, 0.15) is 19.8 Å². The topological polar surface area (TPSA) is 57.6 Å². The molecule has 8 heteroatoms. The molecule has 0 atom stereocenters. The number of benzene rings is 1. The summed E-state index contributed by atoms with van der Waals surface area (Å²) in [6.45, 7) is 2.20. The van der Waals surface area contributed by atoms with Crippen LogP contribution in [0.15, 0.2) is 21.5 Å². The van der Waals surface area contributed by atoms with Crippen LogP contribution >= 0.6 is 39.1 Å². The minimum absolute atomic E-state index is 0.0782. The van der Waals surface area contributed by atoms with Crippen molar-refractivity contribution in [2.24, 2.45) is 0 Å². The zero-order valence-electron chi connectivity index (χ0n) is 10.7. The van der Waals surface area contributed by atoms with Crippen LogP contribution in [-0.2, 0) is 10.0 Å². The van der Waals surface area contributed by atoms with Crippen LogP contribution in [0.4, 0.5) is 0 Å². The SMILES string of the molecule is CC1(O)CCN(S(=O)(=O)c2c(Cl)cc(Br)cc2Cl)CC1. The average molecular weight is 403 g/mol. The molecule has 112 valence electrons. The molecule has 1 fully saturated rings. The number of rotatable bonds is 2. The van der Waals surface area contributed by atoms with Crippen molar-refractivity contribution in [3.8, 4) is 0 Å². The van der Waals surface area contributed by atoms with E-state index >= 15 is 0 Å². The van der Waals surface area contributed by atoms with Crippen LogP contribution in [0.5, 0.6) is 0 Å². The van der Waals surface area contributed by atoms with E-state index in [-0.39, 0.29) is 28.0 Å². The normalized spacial score (nSPS) is 20.1. The fourth-order valence-electron chi connectivity index (χ4n) is 2.11. The second-order valence-electron chi connectivity index (χ2n) is 5.10. The van der Waals surface area contributed by atoms with Crippen molar-refractivity contribution in [2.75, 3.05) is 13.1 Å². The lowest BCUT2D eigenvalue weighted by molar-refractivity contribution is 0.0126. The van der Waals surface area contributed by atoms with Gasteiger partial charge >= 0.3 is 0 Å². The Morgan fingerprint density at radius 3 is 2.15 bits per heavy atom. The van der Waals surface area contributed by atoms with Crippen LogP contribution in [-0.4, -0.2) is 36.5 Å². The highest BCUT2D eigenvalue weighted by molar-refractivity contribution is 9.10. The first-order chi connectivity index (χ1) is 9.13. The Morgan fingerprint density at radius 1 is 1.25 bits per heavy atom. The van der Waals surface area contributed by atoms with Gasteiger partial charge < -0.3 is 5.11 Å². The maximum atomic E-state index is 12.6. The van der Waals surface area contributed by atoms with E-state index in [9.17, 15) is 13.5 Å². The van der Waals surface area contributed by atoms with Gasteiger partial charge in [-0.15, -0.1) is 0 Å². The molecule has 1 saturated heterocycles. The fourth-order valence-corrected chi connectivity index (χ4v) is 5.44. The van der Waals surface area contributed by atoms with Crippen LogP contribution in [0.25, 0.3) is 0 Å². The number of halogens is 3. The predicted octanol–water partition coefficient (Wildman–Crippen LogP) is 3.29. The Hall–Kier alpha value is 0.150. The number of aliphatic hydroxyl groups is 1. The molecular weight excluding hydrogens is 389 g/mol. The number of hydrogen-bond acceptors (Lipinski definition) is 3. The van der Waals surface area contributed by atoms with Gasteiger partial charge in [-0.05, 0) is 31.9 Å². The van der Waals surface area contributed by atoms with Gasteiger partial charge in [-0.3, -0.25) is 0 Å². The monoisotopic (exact) mass is 401 g/mol. The zero-order chi connectivity index (χ0) is 15.1. The van der Waals surface area contributed by atoms with E-state index in [0.717, 1.165) is 0 Å². The molecule has 1 aliphatic rings. The van der Waals surface area contributed by atoms with Crippen LogP contribution in [0.2, 0.25) is 10.0 Å². The quantitative estimate of drug-likeness (QED) is 0.825. The minimum Gasteiger partial charge on any atom is -0.390 e. The fraction of sp³-hybridized carbons (Fsp3) is 0.500. The van der Waals surface area contributed by atoms with E-state index in [0.29, 0.717) is 17.3 Å². The predicted molar refractivity (Wildman–Crippen MR) is 82.8 cm³/mol. The van der Waals surface area contributed by atoms with Crippen LogP contribution in [0, 0.1) is 0 Å². The summed E-state index contributed by atoms with van der Waals surface area (Å²) in [5.74, 6) is 0. The third kappa shape index (κ3) is 3.31. The van der Waals surface area contributed by atoms with Gasteiger partial charge in [0.1, 0.15) is 4.90 Å². The van der Waals surface area contributed by atoms with Gasteiger partial charge in [-0.2, -0.15) is 4.31 Å². The first kappa shape index (κ1) is 16.5. The summed E-state index contributed by atoms with van der Waals surface area (Å²) in [6, 6.07) is 3.00. The van der Waals surface area contributed by atoms with Crippen molar-refractivity contribution >= 4 is 49.2 Å². The van der Waals surface area contributed by atoms with Gasteiger partial charge in [0.15, 0.2) is 0 Å². The highest BCUT2D eigenvalue weighted by Gasteiger charge is 2.36. The minimum atomic E-state index is -3.75. The summed E-state index contributed by atoms with van der Waals surface area (Å²) in [4.78, 5) is -0.0782. The van der Waals surface area contributed by atoms with Crippen molar-refractivity contribution < 1.29 is 13.5 Å². The lowest BCUT2D eigenvalue weighted by Crippen LogP contribution is -2.45. The summed E-state index contributed by atoms with van der Waals surface area (Å²) in [5.41, 5.74) is -0.820. The molecule has 1 heterocycles. The lowest BCUT2D eigenvalue weighted by Gasteiger charge is -2.35. The van der Waals surface area contributed by atoms with E-state index in [1.54, 1.807) is 6.92 Å². The number of piperidine rings is 1. The van der Waals surface area contributed by atoms with E-state index in [1.165, 1.54) is 16.4 Å². The molecule has 1 aliphatic heterocycles. The summed E-state index contributed by atoms with van der Waals surface area (Å²) in [7, 11) is -3.75. The second kappa shape index (κ2) is 5.74. The van der Waals surface area contributed by atoms with Gasteiger partial charge in [0.05, 0.1) is 15.6 Å². The smallest absolute Gasteiger partial charge is 0.246 e. The first-order valence-corrected chi connectivity index (χ1v) is 8.99. The molecule has 1 N–H and O–H groups in total. The van der Waals surface area contributed by atoms with Gasteiger partial charge in [0, 0.05) is 17.6 Å². The molecule has 4 nitrogen and oxygen atoms in total. The Morgan fingerprint density at radius 2 is 1.70 bits per heavy atom. The molecule has 0 aliphatic carbocycles. The molecule has 0 amide bonds. The molecule has 0 aromatic heterocycles. The Labute approximate surface area is 136 Å². The van der Waals surface area contributed by atoms with E-state index < -0.39 is 15.6 Å². The largest absolute Gasteiger partial charge is 0.390 e. The van der Waals surface area contributed by atoms with Crippen molar-refractivity contribution in [2.45, 2.75) is 30.3 Å². The summed E-state index contributed by atoms with van der Waals surface area (Å²) in [6.07, 6.45) is 0.774. The molecule has 0 radical (unpaired) electrons. The number of hydrogen-bond donors (Lipinski definition) is 1. The van der Waals surface area contributed by atoms with Crippen LogP contribution < -0.4 is 0 Å². The van der Waals surface area contributed by atoms with Gasteiger partial charge in [-0.1, -0.05) is 39.1 Å². The summed E-state index contributed by atoms with van der Waals surface area (Å²) >= 11 is 15.3. The van der Waals surface area contributed by atoms with Gasteiger partial charge in [0.25, 0.3) is 0 Å². The average Bonchev–Trinajstić information content (AvgIpc) is 2.26. The molecule has 0 bridgehead atoms. The zero-order valence-corrected chi connectivity index (χ0v) is 14.7. The van der Waals surface area contributed by atoms with Crippen LogP contribution in [0.3, 0.4) is 0 Å². The van der Waals surface area contributed by atoms with E-state index in [4.69, 9.17) is 23.2 Å². The van der Waals surface area contributed by atoms with Crippen molar-refractivity contribution in [3.63, 3.8) is 0 Å². The second-order valence-corrected chi connectivity index (χ2v) is 8.70. The molecule has 1 aromatic rings. The molecular formula is C12H14BrCl2NO3S. The standard InChI is InChI=1S/C12H14BrCl2NO3S/c1-12(17)2-4-16(5-3-12)20(18,19)11-9(14)6-8(13)7-10(11)15/h6-7,17H,2-5H2,1H3.